The lowest BCUT2D eigenvalue weighted by molar-refractivity contribution is 0.199. The molecule has 0 unspecified atom stereocenters. The Labute approximate surface area is 96.3 Å². The van der Waals surface area contributed by atoms with Crippen LogP contribution in [0.3, 0.4) is 0 Å². The van der Waals surface area contributed by atoms with Crippen molar-refractivity contribution in [3.8, 4) is 5.75 Å². The fourth-order valence-electron chi connectivity index (χ4n) is 0.965. The van der Waals surface area contributed by atoms with Crippen molar-refractivity contribution in [2.24, 2.45) is 5.41 Å². The third kappa shape index (κ3) is 3.84. The summed E-state index contributed by atoms with van der Waals surface area (Å²) in [5.41, 5.74) is 0.211. The summed E-state index contributed by atoms with van der Waals surface area (Å²) in [6.07, 6.45) is 0. The molecule has 0 amide bonds. The molecule has 0 N–H and O–H groups in total. The maximum absolute atomic E-state index is 5.77. The summed E-state index contributed by atoms with van der Waals surface area (Å²) in [6, 6.07) is 8.16. The maximum atomic E-state index is 5.77. The zero-order valence-electron chi connectivity index (χ0n) is 8.80. The van der Waals surface area contributed by atoms with Crippen LogP contribution in [-0.2, 0) is 0 Å². The Morgan fingerprint density at radius 2 is 1.93 bits per heavy atom. The summed E-state index contributed by atoms with van der Waals surface area (Å²) in [4.78, 5) is 0. The van der Waals surface area contributed by atoms with Crippen molar-refractivity contribution < 1.29 is 4.74 Å². The van der Waals surface area contributed by atoms with E-state index in [4.69, 9.17) is 4.74 Å². The predicted octanol–water partition coefficient (Wildman–Crippen LogP) is 2.75. The lowest BCUT2D eigenvalue weighted by atomic mass is 9.99. The zero-order chi connectivity index (χ0) is 10.6. The van der Waals surface area contributed by atoms with Crippen LogP contribution in [0.1, 0.15) is 20.8 Å². The van der Waals surface area contributed by atoms with E-state index in [-0.39, 0.29) is 5.41 Å². The van der Waals surface area contributed by atoms with E-state index in [1.165, 1.54) is 5.19 Å². The second-order valence-corrected chi connectivity index (χ2v) is 6.36. The van der Waals surface area contributed by atoms with E-state index in [2.05, 4.69) is 42.1 Å². The summed E-state index contributed by atoms with van der Waals surface area (Å²) in [5, 5.41) is 1.23. The first-order valence-corrected chi connectivity index (χ1v) is 7.87. The van der Waals surface area contributed by atoms with Crippen LogP contribution in [0.2, 0.25) is 0 Å². The Bertz CT molecular complexity index is 294. The smallest absolute Gasteiger partial charge is 0.180 e. The number of ether oxygens (including phenoxy) is 1. The summed E-state index contributed by atoms with van der Waals surface area (Å²) < 4.78 is 5.77. The SMILES string of the molecule is CC(C)(C)COc1ccccc1[Si]Br. The molecule has 0 fully saturated rings. The first-order chi connectivity index (χ1) is 6.53. The molecule has 14 heavy (non-hydrogen) atoms. The highest BCUT2D eigenvalue weighted by Crippen LogP contribution is 2.16. The fourth-order valence-corrected chi connectivity index (χ4v) is 2.36. The summed E-state index contributed by atoms with van der Waals surface area (Å²) >= 11 is 3.48. The van der Waals surface area contributed by atoms with Gasteiger partial charge in [0.2, 0.25) is 0 Å². The average Bonchev–Trinajstić information content (AvgIpc) is 2.14. The maximum Gasteiger partial charge on any atom is 0.180 e. The minimum atomic E-state index is 0.211. The third-order valence-corrected chi connectivity index (χ3v) is 3.55. The lowest BCUT2D eigenvalue weighted by Crippen LogP contribution is -2.21. The summed E-state index contributed by atoms with van der Waals surface area (Å²) in [6.45, 7) is 7.27. The number of benzene rings is 1. The Balaban J connectivity index is 2.67. The summed E-state index contributed by atoms with van der Waals surface area (Å²) in [5.74, 6) is 0.998. The molecule has 0 saturated carbocycles. The van der Waals surface area contributed by atoms with Gasteiger partial charge in [0.15, 0.2) is 8.14 Å². The van der Waals surface area contributed by atoms with E-state index in [0.717, 1.165) is 12.4 Å². The van der Waals surface area contributed by atoms with Crippen LogP contribution in [0.5, 0.6) is 5.75 Å². The first-order valence-electron chi connectivity index (χ1n) is 4.61. The van der Waals surface area contributed by atoms with Crippen molar-refractivity contribution in [2.45, 2.75) is 20.8 Å². The van der Waals surface area contributed by atoms with Crippen molar-refractivity contribution in [3.05, 3.63) is 24.3 Å². The predicted molar refractivity (Wildman–Crippen MR) is 65.7 cm³/mol. The van der Waals surface area contributed by atoms with E-state index in [1.54, 1.807) is 0 Å². The van der Waals surface area contributed by atoms with Gasteiger partial charge in [-0.25, -0.2) is 0 Å². The molecule has 2 radical (unpaired) electrons. The van der Waals surface area contributed by atoms with Crippen molar-refractivity contribution in [3.63, 3.8) is 0 Å². The van der Waals surface area contributed by atoms with Gasteiger partial charge < -0.3 is 4.74 Å². The molecule has 0 saturated heterocycles. The topological polar surface area (TPSA) is 9.23 Å². The molecule has 0 bridgehead atoms. The molecule has 0 aliphatic heterocycles. The molecule has 0 spiro atoms. The van der Waals surface area contributed by atoms with Crippen LogP contribution < -0.4 is 9.92 Å². The second kappa shape index (κ2) is 4.98. The standard InChI is InChI=1S/C11H15BrOSi/c1-11(2,3)8-13-9-6-4-5-7-10(9)14-12/h4-7H,8H2,1-3H3. The zero-order valence-corrected chi connectivity index (χ0v) is 11.4. The minimum absolute atomic E-state index is 0.211. The van der Waals surface area contributed by atoms with Crippen LogP contribution in [-0.4, -0.2) is 14.7 Å². The molecule has 1 nitrogen and oxygen atoms in total. The van der Waals surface area contributed by atoms with Gasteiger partial charge in [-0.3, -0.25) is 0 Å². The molecule has 3 heteroatoms. The van der Waals surface area contributed by atoms with Crippen LogP contribution >= 0.6 is 15.3 Å². The van der Waals surface area contributed by atoms with Crippen molar-refractivity contribution in [2.75, 3.05) is 6.61 Å². The summed E-state index contributed by atoms with van der Waals surface area (Å²) in [7, 11) is 0.610. The van der Waals surface area contributed by atoms with Crippen LogP contribution in [0.4, 0.5) is 0 Å². The van der Waals surface area contributed by atoms with Crippen LogP contribution in [0.25, 0.3) is 0 Å². The monoisotopic (exact) mass is 270 g/mol. The number of hydrogen-bond donors (Lipinski definition) is 0. The average molecular weight is 271 g/mol. The quantitative estimate of drug-likeness (QED) is 0.606. The molecule has 1 aromatic carbocycles. The highest BCUT2D eigenvalue weighted by molar-refractivity contribution is 9.23. The van der Waals surface area contributed by atoms with Crippen LogP contribution in [0.15, 0.2) is 24.3 Å². The normalized spacial score (nSPS) is 11.4. The van der Waals surface area contributed by atoms with Gasteiger partial charge in [-0.15, -0.1) is 15.3 Å². The number of rotatable bonds is 3. The molecule has 0 atom stereocenters. The van der Waals surface area contributed by atoms with E-state index >= 15 is 0 Å². The number of hydrogen-bond acceptors (Lipinski definition) is 1. The Morgan fingerprint density at radius 3 is 2.50 bits per heavy atom. The van der Waals surface area contributed by atoms with Gasteiger partial charge in [0.05, 0.1) is 6.61 Å². The van der Waals surface area contributed by atoms with Gasteiger partial charge in [-0.05, 0) is 16.7 Å². The van der Waals surface area contributed by atoms with Gasteiger partial charge in [-0.2, -0.15) is 0 Å². The van der Waals surface area contributed by atoms with E-state index < -0.39 is 0 Å². The van der Waals surface area contributed by atoms with E-state index in [0.29, 0.717) is 8.14 Å². The van der Waals surface area contributed by atoms with Gasteiger partial charge >= 0.3 is 0 Å². The van der Waals surface area contributed by atoms with Crippen molar-refractivity contribution in [1.29, 1.82) is 0 Å². The van der Waals surface area contributed by atoms with E-state index in [9.17, 15) is 0 Å². The molecular formula is C11H15BrOSi. The van der Waals surface area contributed by atoms with Gasteiger partial charge in [0, 0.05) is 0 Å². The molecule has 76 valence electrons. The fraction of sp³-hybridized carbons (Fsp3) is 0.455. The Morgan fingerprint density at radius 1 is 1.29 bits per heavy atom. The lowest BCUT2D eigenvalue weighted by Gasteiger charge is -2.19. The molecule has 1 aromatic rings. The van der Waals surface area contributed by atoms with Gasteiger partial charge in [-0.1, -0.05) is 39.0 Å². The Kier molecular flexibility index (Phi) is 4.20. The largest absolute Gasteiger partial charge is 0.493 e. The van der Waals surface area contributed by atoms with Gasteiger partial charge in [0.25, 0.3) is 0 Å². The molecular weight excluding hydrogens is 256 g/mol. The molecule has 0 aliphatic carbocycles. The molecule has 0 aliphatic rings. The minimum Gasteiger partial charge on any atom is -0.493 e. The van der Waals surface area contributed by atoms with E-state index in [1.807, 2.05) is 18.2 Å². The highest BCUT2D eigenvalue weighted by atomic mass is 79.9. The van der Waals surface area contributed by atoms with Gasteiger partial charge in [0.1, 0.15) is 5.75 Å². The third-order valence-electron chi connectivity index (χ3n) is 1.65. The molecule has 0 heterocycles. The molecule has 1 rings (SSSR count). The van der Waals surface area contributed by atoms with Crippen molar-refractivity contribution >= 4 is 28.6 Å². The van der Waals surface area contributed by atoms with Crippen molar-refractivity contribution in [1.82, 2.24) is 0 Å². The molecule has 0 aromatic heterocycles. The van der Waals surface area contributed by atoms with Crippen LogP contribution in [0, 0.1) is 5.41 Å². The second-order valence-electron chi connectivity index (χ2n) is 4.44. The number of halogens is 1. The number of para-hydroxylation sites is 1. The Hall–Kier alpha value is -0.283. The highest BCUT2D eigenvalue weighted by Gasteiger charge is 2.12. The first kappa shape index (κ1) is 11.8.